The zero-order valence-electron chi connectivity index (χ0n) is 17.0. The fraction of sp³-hybridized carbons (Fsp3) is 0.409. The molecule has 3 aliphatic rings. The molecule has 2 atom stereocenters. The molecule has 1 amide bonds. The second-order valence-electron chi connectivity index (χ2n) is 8.23. The molecule has 2 unspecified atom stereocenters. The van der Waals surface area contributed by atoms with E-state index >= 15 is 0 Å². The van der Waals surface area contributed by atoms with Gasteiger partial charge in [-0.25, -0.2) is 0 Å². The molecule has 2 bridgehead atoms. The number of piperidine rings is 1. The zero-order valence-corrected chi connectivity index (χ0v) is 17.8. The van der Waals surface area contributed by atoms with Gasteiger partial charge in [0.25, 0.3) is 5.56 Å². The molecule has 0 saturated carbocycles. The van der Waals surface area contributed by atoms with Crippen molar-refractivity contribution in [2.45, 2.75) is 25.4 Å². The van der Waals surface area contributed by atoms with Crippen LogP contribution in [0.2, 0.25) is 0 Å². The van der Waals surface area contributed by atoms with Gasteiger partial charge in [0.05, 0.1) is 6.54 Å². The van der Waals surface area contributed by atoms with E-state index in [9.17, 15) is 9.59 Å². The van der Waals surface area contributed by atoms with Gasteiger partial charge in [-0.15, -0.1) is 0 Å². The lowest BCUT2D eigenvalue weighted by Crippen LogP contribution is -2.52. The summed E-state index contributed by atoms with van der Waals surface area (Å²) in [5, 5.41) is 6.56. The third-order valence-electron chi connectivity index (χ3n) is 6.09. The third kappa shape index (κ3) is 4.10. The fourth-order valence-corrected chi connectivity index (χ4v) is 4.87. The van der Waals surface area contributed by atoms with Crippen LogP contribution in [0.1, 0.15) is 23.6 Å². The molecule has 9 heteroatoms. The van der Waals surface area contributed by atoms with E-state index in [-0.39, 0.29) is 30.7 Å². The molecule has 1 fully saturated rings. The molecule has 8 nitrogen and oxygen atoms in total. The Morgan fingerprint density at radius 1 is 1.10 bits per heavy atom. The van der Waals surface area contributed by atoms with E-state index in [2.05, 4.69) is 15.5 Å². The standard InChI is InChI=1S/C22H24N4O4S/c27-20(23-8-14-4-5-18-19(7-14)30-13-29-18)9-24-22(31)25-10-15-6-16(12-25)17-2-1-3-21(28)26(17)11-15/h1-5,7,15-16H,6,8-13H2,(H,23,27)(H,24,31). The van der Waals surface area contributed by atoms with Crippen molar-refractivity contribution < 1.29 is 14.3 Å². The second kappa shape index (κ2) is 8.22. The van der Waals surface area contributed by atoms with Crippen LogP contribution in [0.3, 0.4) is 0 Å². The van der Waals surface area contributed by atoms with Crippen molar-refractivity contribution in [3.63, 3.8) is 0 Å². The van der Waals surface area contributed by atoms with Crippen LogP contribution in [0.4, 0.5) is 0 Å². The molecular formula is C22H24N4O4S. The van der Waals surface area contributed by atoms with E-state index in [1.165, 1.54) is 0 Å². The molecule has 162 valence electrons. The number of nitrogens with one attached hydrogen (secondary N) is 2. The normalized spacial score (nSPS) is 20.7. The van der Waals surface area contributed by atoms with Crippen LogP contribution in [0.5, 0.6) is 11.5 Å². The van der Waals surface area contributed by atoms with Crippen LogP contribution < -0.4 is 25.7 Å². The van der Waals surface area contributed by atoms with Crippen molar-refractivity contribution in [3.05, 3.63) is 58.0 Å². The van der Waals surface area contributed by atoms with Crippen LogP contribution in [0.25, 0.3) is 0 Å². The minimum atomic E-state index is -0.130. The van der Waals surface area contributed by atoms with E-state index in [1.54, 1.807) is 6.07 Å². The number of fused-ring (bicyclic) bond motifs is 5. The maximum absolute atomic E-state index is 12.3. The van der Waals surface area contributed by atoms with Crippen molar-refractivity contribution in [3.8, 4) is 11.5 Å². The monoisotopic (exact) mass is 440 g/mol. The first-order valence-electron chi connectivity index (χ1n) is 10.4. The summed E-state index contributed by atoms with van der Waals surface area (Å²) in [6.45, 7) is 3.02. The van der Waals surface area contributed by atoms with E-state index in [1.807, 2.05) is 34.9 Å². The predicted octanol–water partition coefficient (Wildman–Crippen LogP) is 1.19. The first kappa shape index (κ1) is 19.9. The Labute approximate surface area is 185 Å². The summed E-state index contributed by atoms with van der Waals surface area (Å²) in [7, 11) is 0. The van der Waals surface area contributed by atoms with Crippen molar-refractivity contribution in [2.75, 3.05) is 26.4 Å². The Balaban J connectivity index is 1.12. The average molecular weight is 441 g/mol. The van der Waals surface area contributed by atoms with Crippen molar-refractivity contribution >= 4 is 23.2 Å². The number of carbonyl (C=O) groups is 1. The first-order chi connectivity index (χ1) is 15.1. The largest absolute Gasteiger partial charge is 0.454 e. The Bertz CT molecular complexity index is 1090. The second-order valence-corrected chi connectivity index (χ2v) is 8.61. The number of hydrogen-bond donors (Lipinski definition) is 2. The molecule has 1 saturated heterocycles. The van der Waals surface area contributed by atoms with E-state index in [4.69, 9.17) is 21.7 Å². The summed E-state index contributed by atoms with van der Waals surface area (Å²) in [5.41, 5.74) is 2.09. The molecule has 3 aliphatic heterocycles. The summed E-state index contributed by atoms with van der Waals surface area (Å²) in [4.78, 5) is 26.6. The SMILES string of the molecule is O=C(CNC(=S)N1CC2CC(C1)c1cccc(=O)n1C2)NCc1ccc2c(c1)OCO2. The predicted molar refractivity (Wildman–Crippen MR) is 118 cm³/mol. The lowest BCUT2D eigenvalue weighted by Gasteiger charge is -2.43. The number of rotatable bonds is 4. The number of thiocarbonyl (C=S) groups is 1. The average Bonchev–Trinajstić information content (AvgIpc) is 3.24. The Hall–Kier alpha value is -3.07. The quantitative estimate of drug-likeness (QED) is 0.691. The Morgan fingerprint density at radius 3 is 2.87 bits per heavy atom. The summed E-state index contributed by atoms with van der Waals surface area (Å²) < 4.78 is 12.6. The van der Waals surface area contributed by atoms with Gasteiger partial charge in [0.2, 0.25) is 12.7 Å². The third-order valence-corrected chi connectivity index (χ3v) is 6.50. The van der Waals surface area contributed by atoms with Gasteiger partial charge >= 0.3 is 0 Å². The van der Waals surface area contributed by atoms with Crippen LogP contribution in [-0.4, -0.2) is 46.9 Å². The highest BCUT2D eigenvalue weighted by Crippen LogP contribution is 2.35. The maximum atomic E-state index is 12.3. The molecule has 4 heterocycles. The van der Waals surface area contributed by atoms with Crippen LogP contribution in [-0.2, 0) is 17.9 Å². The fourth-order valence-electron chi connectivity index (χ4n) is 4.64. The number of likely N-dealkylation sites (tertiary alicyclic amines) is 1. The smallest absolute Gasteiger partial charge is 0.250 e. The Morgan fingerprint density at radius 2 is 1.97 bits per heavy atom. The number of hydrogen-bond acceptors (Lipinski definition) is 5. The summed E-state index contributed by atoms with van der Waals surface area (Å²) in [5.74, 6) is 1.95. The minimum absolute atomic E-state index is 0.0699. The topological polar surface area (TPSA) is 84.8 Å². The number of amides is 1. The van der Waals surface area contributed by atoms with Gasteiger partial charge in [-0.05, 0) is 48.3 Å². The van der Waals surface area contributed by atoms with Gasteiger partial charge < -0.3 is 29.6 Å². The van der Waals surface area contributed by atoms with Gasteiger partial charge in [0.15, 0.2) is 16.6 Å². The molecule has 0 spiro atoms. The van der Waals surface area contributed by atoms with E-state index in [0.717, 1.165) is 43.1 Å². The van der Waals surface area contributed by atoms with Gasteiger partial charge in [-0.2, -0.15) is 0 Å². The molecule has 0 aliphatic carbocycles. The molecule has 1 aromatic carbocycles. The maximum Gasteiger partial charge on any atom is 0.250 e. The Kier molecular flexibility index (Phi) is 5.27. The first-order valence-corrected chi connectivity index (χ1v) is 10.9. The number of aromatic nitrogens is 1. The zero-order chi connectivity index (χ0) is 21.4. The highest BCUT2D eigenvalue weighted by molar-refractivity contribution is 7.80. The molecule has 2 aromatic rings. The molecule has 2 N–H and O–H groups in total. The molecule has 31 heavy (non-hydrogen) atoms. The number of pyridine rings is 1. The molecular weight excluding hydrogens is 416 g/mol. The summed E-state index contributed by atoms with van der Waals surface area (Å²) in [6, 6.07) is 11.1. The van der Waals surface area contributed by atoms with Crippen molar-refractivity contribution in [1.82, 2.24) is 20.1 Å². The highest BCUT2D eigenvalue weighted by atomic mass is 32.1. The van der Waals surface area contributed by atoms with E-state index < -0.39 is 0 Å². The highest BCUT2D eigenvalue weighted by Gasteiger charge is 2.35. The molecule has 0 radical (unpaired) electrons. The summed E-state index contributed by atoms with van der Waals surface area (Å²) >= 11 is 5.56. The van der Waals surface area contributed by atoms with Gasteiger partial charge in [0.1, 0.15) is 0 Å². The van der Waals surface area contributed by atoms with Crippen LogP contribution in [0.15, 0.2) is 41.2 Å². The lowest BCUT2D eigenvalue weighted by atomic mass is 9.83. The number of carbonyl (C=O) groups excluding carboxylic acids is 1. The summed E-state index contributed by atoms with van der Waals surface area (Å²) in [6.07, 6.45) is 1.07. The minimum Gasteiger partial charge on any atom is -0.454 e. The number of nitrogens with zero attached hydrogens (tertiary/aromatic N) is 2. The molecule has 1 aromatic heterocycles. The van der Waals surface area contributed by atoms with E-state index in [0.29, 0.717) is 23.3 Å². The van der Waals surface area contributed by atoms with Crippen molar-refractivity contribution in [1.29, 1.82) is 0 Å². The molecule has 5 rings (SSSR count). The lowest BCUT2D eigenvalue weighted by molar-refractivity contribution is -0.120. The van der Waals surface area contributed by atoms with Crippen LogP contribution in [0, 0.1) is 5.92 Å². The van der Waals surface area contributed by atoms with Gasteiger partial charge in [-0.1, -0.05) is 12.1 Å². The van der Waals surface area contributed by atoms with Crippen molar-refractivity contribution in [2.24, 2.45) is 5.92 Å². The van der Waals surface area contributed by atoms with Gasteiger partial charge in [0, 0.05) is 43.9 Å². The van der Waals surface area contributed by atoms with Gasteiger partial charge in [-0.3, -0.25) is 9.59 Å². The number of ether oxygens (including phenoxy) is 2. The van der Waals surface area contributed by atoms with Crippen LogP contribution >= 0.6 is 12.2 Å². The number of benzene rings is 1.